The van der Waals surface area contributed by atoms with E-state index in [0.29, 0.717) is 29.7 Å². The Balaban J connectivity index is 1.84. The topological polar surface area (TPSA) is 59.6 Å². The number of hydrogen-bond acceptors (Lipinski definition) is 4. The molecule has 0 unspecified atom stereocenters. The highest BCUT2D eigenvalue weighted by Crippen LogP contribution is 2.27. The second-order valence-corrected chi connectivity index (χ2v) is 5.09. The first-order chi connectivity index (χ1) is 9.69. The molecule has 1 aromatic carbocycles. The van der Waals surface area contributed by atoms with E-state index < -0.39 is 0 Å². The number of amides is 1. The van der Waals surface area contributed by atoms with Crippen LogP contribution in [0.15, 0.2) is 18.2 Å². The van der Waals surface area contributed by atoms with Crippen molar-refractivity contribution in [3.63, 3.8) is 0 Å². The van der Waals surface area contributed by atoms with Crippen LogP contribution in [-0.4, -0.2) is 38.8 Å². The third kappa shape index (κ3) is 4.28. The van der Waals surface area contributed by atoms with E-state index in [4.69, 9.17) is 21.1 Å². The lowest BCUT2D eigenvalue weighted by Gasteiger charge is -2.23. The monoisotopic (exact) mass is 298 g/mol. The molecule has 0 saturated carbocycles. The summed E-state index contributed by atoms with van der Waals surface area (Å²) in [6.45, 7) is 1.61. The molecule has 0 radical (unpaired) electrons. The van der Waals surface area contributed by atoms with Gasteiger partial charge in [0.25, 0.3) is 0 Å². The third-order valence-corrected chi connectivity index (χ3v) is 3.42. The molecule has 0 bridgehead atoms. The third-order valence-electron chi connectivity index (χ3n) is 3.19. The van der Waals surface area contributed by atoms with E-state index in [1.54, 1.807) is 25.3 Å². The lowest BCUT2D eigenvalue weighted by atomic mass is 10.1. The van der Waals surface area contributed by atoms with Gasteiger partial charge in [0.1, 0.15) is 5.75 Å². The summed E-state index contributed by atoms with van der Waals surface area (Å²) in [6, 6.07) is 5.45. The minimum Gasteiger partial charge on any atom is -0.495 e. The smallest absolute Gasteiger partial charge is 0.239 e. The second kappa shape index (κ2) is 7.36. The predicted molar refractivity (Wildman–Crippen MR) is 78.5 cm³/mol. The highest BCUT2D eigenvalue weighted by Gasteiger charge is 2.16. The van der Waals surface area contributed by atoms with Gasteiger partial charge in [-0.3, -0.25) is 4.79 Å². The van der Waals surface area contributed by atoms with Crippen molar-refractivity contribution < 1.29 is 14.3 Å². The number of carbonyl (C=O) groups excluding carboxylic acids is 1. The molecular formula is C14H19ClN2O3. The average Bonchev–Trinajstić information content (AvgIpc) is 2.46. The van der Waals surface area contributed by atoms with Crippen LogP contribution in [-0.2, 0) is 9.53 Å². The zero-order valence-electron chi connectivity index (χ0n) is 11.4. The van der Waals surface area contributed by atoms with Crippen molar-refractivity contribution in [2.45, 2.75) is 18.9 Å². The Bertz CT molecular complexity index is 462. The Morgan fingerprint density at radius 1 is 1.45 bits per heavy atom. The number of hydrogen-bond donors (Lipinski definition) is 2. The zero-order chi connectivity index (χ0) is 14.4. The molecule has 1 fully saturated rings. The quantitative estimate of drug-likeness (QED) is 0.873. The molecule has 20 heavy (non-hydrogen) atoms. The maximum atomic E-state index is 11.9. The van der Waals surface area contributed by atoms with E-state index in [2.05, 4.69) is 10.6 Å². The summed E-state index contributed by atoms with van der Waals surface area (Å²) >= 11 is 5.93. The van der Waals surface area contributed by atoms with E-state index in [-0.39, 0.29) is 18.5 Å². The summed E-state index contributed by atoms with van der Waals surface area (Å²) < 4.78 is 10.5. The first kappa shape index (κ1) is 14.9. The van der Waals surface area contributed by atoms with Gasteiger partial charge in [-0.15, -0.1) is 0 Å². The molecule has 2 rings (SSSR count). The highest BCUT2D eigenvalue weighted by atomic mass is 35.5. The van der Waals surface area contributed by atoms with E-state index in [0.717, 1.165) is 12.8 Å². The van der Waals surface area contributed by atoms with Crippen LogP contribution in [0.1, 0.15) is 12.8 Å². The largest absolute Gasteiger partial charge is 0.495 e. The van der Waals surface area contributed by atoms with Crippen molar-refractivity contribution >= 4 is 23.2 Å². The maximum absolute atomic E-state index is 11.9. The summed E-state index contributed by atoms with van der Waals surface area (Å²) in [5, 5.41) is 6.62. The molecule has 0 aromatic heterocycles. The summed E-state index contributed by atoms with van der Waals surface area (Å²) in [5.74, 6) is 0.618. The molecule has 0 spiro atoms. The van der Waals surface area contributed by atoms with Gasteiger partial charge in [0.15, 0.2) is 0 Å². The normalized spacial score (nSPS) is 15.7. The number of carbonyl (C=O) groups is 1. The number of methoxy groups -OCH3 is 1. The van der Waals surface area contributed by atoms with Crippen molar-refractivity contribution in [2.75, 3.05) is 32.2 Å². The Labute approximate surface area is 123 Å². The van der Waals surface area contributed by atoms with Crippen molar-refractivity contribution in [3.05, 3.63) is 23.2 Å². The molecule has 1 saturated heterocycles. The van der Waals surface area contributed by atoms with Crippen molar-refractivity contribution in [3.8, 4) is 5.75 Å². The van der Waals surface area contributed by atoms with E-state index in [9.17, 15) is 4.79 Å². The maximum Gasteiger partial charge on any atom is 0.239 e. The van der Waals surface area contributed by atoms with Crippen molar-refractivity contribution in [2.24, 2.45) is 0 Å². The van der Waals surface area contributed by atoms with Gasteiger partial charge in [-0.25, -0.2) is 0 Å². The summed E-state index contributed by atoms with van der Waals surface area (Å²) in [6.07, 6.45) is 1.73. The van der Waals surface area contributed by atoms with Crippen LogP contribution in [0, 0.1) is 0 Å². The molecule has 1 heterocycles. The van der Waals surface area contributed by atoms with Gasteiger partial charge in [0.05, 0.1) is 19.3 Å². The molecule has 1 aliphatic heterocycles. The Kier molecular flexibility index (Phi) is 5.49. The molecule has 6 heteroatoms. The van der Waals surface area contributed by atoms with Crippen molar-refractivity contribution in [1.82, 2.24) is 5.32 Å². The first-order valence-electron chi connectivity index (χ1n) is 6.63. The lowest BCUT2D eigenvalue weighted by Crippen LogP contribution is -2.41. The van der Waals surface area contributed by atoms with Crippen LogP contribution in [0.2, 0.25) is 5.02 Å². The van der Waals surface area contributed by atoms with Gasteiger partial charge in [0.2, 0.25) is 5.91 Å². The van der Waals surface area contributed by atoms with Crippen molar-refractivity contribution in [1.29, 1.82) is 0 Å². The Morgan fingerprint density at radius 3 is 2.90 bits per heavy atom. The van der Waals surface area contributed by atoms with Gasteiger partial charge in [-0.1, -0.05) is 11.6 Å². The molecular weight excluding hydrogens is 280 g/mol. The van der Waals surface area contributed by atoms with Crippen LogP contribution in [0.3, 0.4) is 0 Å². The summed E-state index contributed by atoms with van der Waals surface area (Å²) in [4.78, 5) is 11.9. The van der Waals surface area contributed by atoms with Crippen LogP contribution < -0.4 is 15.4 Å². The van der Waals surface area contributed by atoms with E-state index >= 15 is 0 Å². The second-order valence-electron chi connectivity index (χ2n) is 4.65. The van der Waals surface area contributed by atoms with Gasteiger partial charge in [0, 0.05) is 24.3 Å². The van der Waals surface area contributed by atoms with Crippen LogP contribution in [0.4, 0.5) is 5.69 Å². The van der Waals surface area contributed by atoms with E-state index in [1.807, 2.05) is 0 Å². The van der Waals surface area contributed by atoms with Crippen LogP contribution in [0.25, 0.3) is 0 Å². The fourth-order valence-electron chi connectivity index (χ4n) is 2.11. The fourth-order valence-corrected chi connectivity index (χ4v) is 2.29. The number of nitrogens with one attached hydrogen (secondary N) is 2. The average molecular weight is 299 g/mol. The van der Waals surface area contributed by atoms with Gasteiger partial charge >= 0.3 is 0 Å². The molecule has 0 aliphatic carbocycles. The zero-order valence-corrected chi connectivity index (χ0v) is 12.2. The molecule has 1 aromatic rings. The lowest BCUT2D eigenvalue weighted by molar-refractivity contribution is -0.120. The molecule has 0 atom stereocenters. The number of halogens is 1. The Hall–Kier alpha value is -1.46. The minimum absolute atomic E-state index is 0.0427. The molecule has 1 aliphatic rings. The summed E-state index contributed by atoms with van der Waals surface area (Å²) in [7, 11) is 1.58. The van der Waals surface area contributed by atoms with E-state index in [1.165, 1.54) is 0 Å². The van der Waals surface area contributed by atoms with Crippen LogP contribution in [0.5, 0.6) is 5.75 Å². The first-order valence-corrected chi connectivity index (χ1v) is 7.01. The molecule has 110 valence electrons. The Morgan fingerprint density at radius 2 is 2.20 bits per heavy atom. The fraction of sp³-hybridized carbons (Fsp3) is 0.500. The van der Waals surface area contributed by atoms with Gasteiger partial charge < -0.3 is 20.1 Å². The number of anilines is 1. The standard InChI is InChI=1S/C14H19ClN2O3/c1-19-13-3-2-10(15)8-12(13)16-9-14(18)17-11-4-6-20-7-5-11/h2-3,8,11,16H,4-7,9H2,1H3,(H,17,18). The van der Waals surface area contributed by atoms with Crippen LogP contribution >= 0.6 is 11.6 Å². The molecule has 1 amide bonds. The SMILES string of the molecule is COc1ccc(Cl)cc1NCC(=O)NC1CCOCC1. The summed E-state index contributed by atoms with van der Waals surface area (Å²) in [5.41, 5.74) is 0.710. The molecule has 5 nitrogen and oxygen atoms in total. The minimum atomic E-state index is -0.0427. The number of rotatable bonds is 5. The number of benzene rings is 1. The van der Waals surface area contributed by atoms with Gasteiger partial charge in [-0.05, 0) is 31.0 Å². The highest BCUT2D eigenvalue weighted by molar-refractivity contribution is 6.30. The molecule has 2 N–H and O–H groups in total. The number of ether oxygens (including phenoxy) is 2. The predicted octanol–water partition coefficient (Wildman–Crippen LogP) is 2.06. The van der Waals surface area contributed by atoms with Gasteiger partial charge in [-0.2, -0.15) is 0 Å².